The molecule has 0 spiro atoms. The number of nitrogens with zero attached hydrogens (tertiary/aromatic N) is 2. The number of thiazole rings is 1. The molecule has 0 fully saturated rings. The second kappa shape index (κ2) is 8.78. The molecule has 0 aliphatic heterocycles. The van der Waals surface area contributed by atoms with Crippen LogP contribution in [0.15, 0.2) is 63.5 Å². The number of nitrogens with one attached hydrogen (secondary N) is 1. The van der Waals surface area contributed by atoms with Crippen molar-refractivity contribution in [2.24, 2.45) is 5.10 Å². The lowest BCUT2D eigenvalue weighted by atomic mass is 10.2. The van der Waals surface area contributed by atoms with Crippen LogP contribution >= 0.6 is 27.3 Å². The van der Waals surface area contributed by atoms with Gasteiger partial charge in [-0.1, -0.05) is 35.0 Å². The Balaban J connectivity index is 1.58. The van der Waals surface area contributed by atoms with Gasteiger partial charge >= 0.3 is 0 Å². The average Bonchev–Trinajstić information content (AvgIpc) is 3.10. The molecule has 0 saturated heterocycles. The lowest BCUT2D eigenvalue weighted by molar-refractivity contribution is 0.317. The summed E-state index contributed by atoms with van der Waals surface area (Å²) in [6, 6.07) is 15.9. The average molecular weight is 416 g/mol. The minimum atomic E-state index is 0.736. The maximum absolute atomic E-state index is 5.56. The first-order chi connectivity index (χ1) is 12.2. The Hall–Kier alpha value is -2.18. The first-order valence-corrected chi connectivity index (χ1v) is 9.65. The van der Waals surface area contributed by atoms with E-state index in [-0.39, 0.29) is 0 Å². The van der Waals surface area contributed by atoms with E-state index in [1.807, 2.05) is 53.9 Å². The molecule has 3 rings (SSSR count). The molecule has 1 aromatic heterocycles. The second-order valence-corrected chi connectivity index (χ2v) is 7.11. The van der Waals surface area contributed by atoms with Crippen molar-refractivity contribution in [3.8, 4) is 17.0 Å². The molecule has 0 aliphatic carbocycles. The smallest absolute Gasteiger partial charge is 0.203 e. The van der Waals surface area contributed by atoms with E-state index < -0.39 is 0 Å². The van der Waals surface area contributed by atoms with Crippen LogP contribution in [0, 0.1) is 0 Å². The summed E-state index contributed by atoms with van der Waals surface area (Å²) in [7, 11) is 0. The molecule has 0 saturated carbocycles. The summed E-state index contributed by atoms with van der Waals surface area (Å²) in [6.45, 7) is 2.83. The molecule has 0 unspecified atom stereocenters. The van der Waals surface area contributed by atoms with Crippen molar-refractivity contribution in [2.45, 2.75) is 13.3 Å². The molecule has 2 aromatic carbocycles. The molecule has 0 aliphatic rings. The fourth-order valence-corrected chi connectivity index (χ4v) is 3.04. The highest BCUT2D eigenvalue weighted by molar-refractivity contribution is 9.10. The normalized spacial score (nSPS) is 11.0. The highest BCUT2D eigenvalue weighted by Crippen LogP contribution is 2.26. The van der Waals surface area contributed by atoms with Crippen LogP contribution in [0.4, 0.5) is 5.13 Å². The predicted molar refractivity (Wildman–Crippen MR) is 109 cm³/mol. The van der Waals surface area contributed by atoms with Gasteiger partial charge in [0.05, 0.1) is 18.5 Å². The Kier molecular flexibility index (Phi) is 6.19. The molecular weight excluding hydrogens is 398 g/mol. The van der Waals surface area contributed by atoms with E-state index in [2.05, 4.69) is 38.4 Å². The maximum atomic E-state index is 5.56. The van der Waals surface area contributed by atoms with Gasteiger partial charge in [0.1, 0.15) is 5.75 Å². The number of rotatable bonds is 7. The van der Waals surface area contributed by atoms with Crippen molar-refractivity contribution >= 4 is 38.6 Å². The molecule has 0 bridgehead atoms. The zero-order valence-corrected chi connectivity index (χ0v) is 16.2. The quantitative estimate of drug-likeness (QED) is 0.391. The molecule has 0 radical (unpaired) electrons. The number of halogens is 1. The molecular formula is C19H18BrN3OS. The van der Waals surface area contributed by atoms with Gasteiger partial charge in [-0.15, -0.1) is 11.3 Å². The third kappa shape index (κ3) is 5.14. The van der Waals surface area contributed by atoms with Gasteiger partial charge in [-0.3, -0.25) is 5.43 Å². The van der Waals surface area contributed by atoms with Crippen LogP contribution in [-0.4, -0.2) is 17.8 Å². The number of hydrogen-bond donors (Lipinski definition) is 1. The van der Waals surface area contributed by atoms with Gasteiger partial charge in [-0.2, -0.15) is 5.10 Å². The number of anilines is 1. The molecule has 4 nitrogen and oxygen atoms in total. The van der Waals surface area contributed by atoms with Crippen molar-refractivity contribution in [2.75, 3.05) is 12.0 Å². The highest BCUT2D eigenvalue weighted by Gasteiger charge is 2.03. The Bertz CT molecular complexity index is 829. The standard InChI is InChI=1S/C19H18BrN3OS/c1-2-11-24-17-9-3-14(4-10-17)12-21-23-19-22-18(13-25-19)15-5-7-16(20)8-6-15/h3-10,12-13H,2,11H2,1H3,(H,22,23). The van der Waals surface area contributed by atoms with Crippen LogP contribution in [0.5, 0.6) is 5.75 Å². The van der Waals surface area contributed by atoms with E-state index in [0.717, 1.165) is 45.2 Å². The Morgan fingerprint density at radius 3 is 2.64 bits per heavy atom. The molecule has 3 aromatic rings. The lowest BCUT2D eigenvalue weighted by Crippen LogP contribution is -1.95. The van der Waals surface area contributed by atoms with Crippen LogP contribution in [-0.2, 0) is 0 Å². The van der Waals surface area contributed by atoms with Crippen molar-refractivity contribution < 1.29 is 4.74 Å². The maximum Gasteiger partial charge on any atom is 0.203 e. The molecule has 128 valence electrons. The number of benzene rings is 2. The van der Waals surface area contributed by atoms with Crippen LogP contribution < -0.4 is 10.2 Å². The van der Waals surface area contributed by atoms with E-state index >= 15 is 0 Å². The molecule has 6 heteroatoms. The van der Waals surface area contributed by atoms with Crippen molar-refractivity contribution in [1.29, 1.82) is 0 Å². The summed E-state index contributed by atoms with van der Waals surface area (Å²) in [5, 5.41) is 7.03. The van der Waals surface area contributed by atoms with Gasteiger partial charge in [-0.05, 0) is 48.4 Å². The Morgan fingerprint density at radius 1 is 1.16 bits per heavy atom. The predicted octanol–water partition coefficient (Wildman–Crippen LogP) is 5.81. The lowest BCUT2D eigenvalue weighted by Gasteiger charge is -2.03. The van der Waals surface area contributed by atoms with Gasteiger partial charge in [0.2, 0.25) is 5.13 Å². The zero-order chi connectivity index (χ0) is 17.5. The monoisotopic (exact) mass is 415 g/mol. The van der Waals surface area contributed by atoms with E-state index in [4.69, 9.17) is 4.74 Å². The zero-order valence-electron chi connectivity index (χ0n) is 13.8. The number of aromatic nitrogens is 1. The van der Waals surface area contributed by atoms with Gasteiger partial charge in [0.15, 0.2) is 0 Å². The first-order valence-electron chi connectivity index (χ1n) is 7.98. The topological polar surface area (TPSA) is 46.5 Å². The van der Waals surface area contributed by atoms with Crippen LogP contribution in [0.1, 0.15) is 18.9 Å². The van der Waals surface area contributed by atoms with Crippen molar-refractivity contribution in [3.63, 3.8) is 0 Å². The van der Waals surface area contributed by atoms with E-state index in [9.17, 15) is 0 Å². The SMILES string of the molecule is CCCOc1ccc(C=NNc2nc(-c3ccc(Br)cc3)cs2)cc1. The third-order valence-electron chi connectivity index (χ3n) is 3.37. The highest BCUT2D eigenvalue weighted by atomic mass is 79.9. The summed E-state index contributed by atoms with van der Waals surface area (Å²) >= 11 is 4.97. The van der Waals surface area contributed by atoms with E-state index in [1.54, 1.807) is 6.21 Å². The number of hydrogen-bond acceptors (Lipinski definition) is 5. The van der Waals surface area contributed by atoms with Gasteiger partial charge in [0, 0.05) is 15.4 Å². The van der Waals surface area contributed by atoms with E-state index in [1.165, 1.54) is 11.3 Å². The molecule has 25 heavy (non-hydrogen) atoms. The summed E-state index contributed by atoms with van der Waals surface area (Å²) in [4.78, 5) is 4.55. The Morgan fingerprint density at radius 2 is 1.92 bits per heavy atom. The molecule has 0 atom stereocenters. The number of hydrazone groups is 1. The van der Waals surface area contributed by atoms with Crippen LogP contribution in [0.2, 0.25) is 0 Å². The second-order valence-electron chi connectivity index (χ2n) is 5.33. The minimum Gasteiger partial charge on any atom is -0.494 e. The largest absolute Gasteiger partial charge is 0.494 e. The summed E-state index contributed by atoms with van der Waals surface area (Å²) in [6.07, 6.45) is 2.77. The minimum absolute atomic E-state index is 0.736. The molecule has 0 amide bonds. The summed E-state index contributed by atoms with van der Waals surface area (Å²) < 4.78 is 6.62. The number of ether oxygens (including phenoxy) is 1. The van der Waals surface area contributed by atoms with Crippen molar-refractivity contribution in [3.05, 3.63) is 63.9 Å². The Labute approximate surface area is 159 Å². The van der Waals surface area contributed by atoms with Gasteiger partial charge in [-0.25, -0.2) is 4.98 Å². The van der Waals surface area contributed by atoms with E-state index in [0.29, 0.717) is 0 Å². The van der Waals surface area contributed by atoms with Crippen LogP contribution in [0.3, 0.4) is 0 Å². The summed E-state index contributed by atoms with van der Waals surface area (Å²) in [5.41, 5.74) is 6.00. The molecule has 1 N–H and O–H groups in total. The van der Waals surface area contributed by atoms with Crippen molar-refractivity contribution in [1.82, 2.24) is 4.98 Å². The summed E-state index contributed by atoms with van der Waals surface area (Å²) in [5.74, 6) is 0.881. The molecule has 1 heterocycles. The van der Waals surface area contributed by atoms with Crippen LogP contribution in [0.25, 0.3) is 11.3 Å². The van der Waals surface area contributed by atoms with Gasteiger partial charge < -0.3 is 4.74 Å². The fourth-order valence-electron chi connectivity index (χ4n) is 2.11. The first kappa shape index (κ1) is 17.6. The van der Waals surface area contributed by atoms with Gasteiger partial charge in [0.25, 0.3) is 0 Å². The third-order valence-corrected chi connectivity index (χ3v) is 4.65. The fraction of sp³-hybridized carbons (Fsp3) is 0.158.